The maximum absolute atomic E-state index is 11.0. The van der Waals surface area contributed by atoms with E-state index in [-0.39, 0.29) is 18.3 Å². The summed E-state index contributed by atoms with van der Waals surface area (Å²) in [5, 5.41) is 11.0. The third-order valence-electron chi connectivity index (χ3n) is 2.51. The first-order chi connectivity index (χ1) is 9.03. The molecular weight excluding hydrogens is 252 g/mol. The number of ether oxygens (including phenoxy) is 3. The van der Waals surface area contributed by atoms with Gasteiger partial charge in [-0.15, -0.1) is 0 Å². The minimum atomic E-state index is -0.491. The van der Waals surface area contributed by atoms with Crippen molar-refractivity contribution in [2.75, 3.05) is 20.8 Å². The van der Waals surface area contributed by atoms with E-state index in [4.69, 9.17) is 19.9 Å². The molecule has 7 heteroatoms. The molecule has 0 saturated carbocycles. The highest BCUT2D eigenvalue weighted by Gasteiger charge is 2.20. The molecule has 0 fully saturated rings. The average Bonchev–Trinajstić information content (AvgIpc) is 2.38. The van der Waals surface area contributed by atoms with Gasteiger partial charge in [0.25, 0.3) is 5.69 Å². The molecular formula is C12H18N2O5. The lowest BCUT2D eigenvalue weighted by Crippen LogP contribution is -2.18. The van der Waals surface area contributed by atoms with Crippen molar-refractivity contribution < 1.29 is 19.1 Å². The van der Waals surface area contributed by atoms with E-state index in [0.717, 1.165) is 0 Å². The van der Waals surface area contributed by atoms with Gasteiger partial charge in [0.05, 0.1) is 24.7 Å². The zero-order chi connectivity index (χ0) is 14.4. The van der Waals surface area contributed by atoms with Crippen LogP contribution in [0.15, 0.2) is 12.1 Å². The lowest BCUT2D eigenvalue weighted by molar-refractivity contribution is -0.385. The SMILES string of the molecule is COCC(C)Oc1cc([N+](=O)[O-])c(CN)cc1OC. The van der Waals surface area contributed by atoms with Gasteiger partial charge in [-0.1, -0.05) is 0 Å². The van der Waals surface area contributed by atoms with Crippen molar-refractivity contribution >= 4 is 5.69 Å². The largest absolute Gasteiger partial charge is 0.493 e. The number of hydrogen-bond acceptors (Lipinski definition) is 6. The van der Waals surface area contributed by atoms with Crippen molar-refractivity contribution in [3.8, 4) is 11.5 Å². The van der Waals surface area contributed by atoms with E-state index in [1.807, 2.05) is 0 Å². The second kappa shape index (κ2) is 6.91. The molecule has 0 spiro atoms. The number of benzene rings is 1. The van der Waals surface area contributed by atoms with Gasteiger partial charge in [-0.2, -0.15) is 0 Å². The van der Waals surface area contributed by atoms with Gasteiger partial charge in [0.1, 0.15) is 6.10 Å². The lowest BCUT2D eigenvalue weighted by Gasteiger charge is -2.16. The Kier molecular flexibility index (Phi) is 5.53. The first kappa shape index (κ1) is 15.2. The van der Waals surface area contributed by atoms with Crippen LogP contribution in [-0.4, -0.2) is 31.9 Å². The van der Waals surface area contributed by atoms with Gasteiger partial charge < -0.3 is 19.9 Å². The van der Waals surface area contributed by atoms with Crippen LogP contribution < -0.4 is 15.2 Å². The fourth-order valence-electron chi connectivity index (χ4n) is 1.66. The third-order valence-corrected chi connectivity index (χ3v) is 2.51. The van der Waals surface area contributed by atoms with E-state index < -0.39 is 4.92 Å². The third kappa shape index (κ3) is 3.80. The van der Waals surface area contributed by atoms with Gasteiger partial charge in [-0.05, 0) is 13.0 Å². The molecule has 7 nitrogen and oxygen atoms in total. The second-order valence-electron chi connectivity index (χ2n) is 3.98. The molecule has 0 aromatic heterocycles. The van der Waals surface area contributed by atoms with Crippen molar-refractivity contribution in [1.82, 2.24) is 0 Å². The Morgan fingerprint density at radius 3 is 2.53 bits per heavy atom. The first-order valence-electron chi connectivity index (χ1n) is 5.74. The van der Waals surface area contributed by atoms with E-state index in [1.165, 1.54) is 19.2 Å². The summed E-state index contributed by atoms with van der Waals surface area (Å²) in [6, 6.07) is 2.85. The molecule has 0 bridgehead atoms. The summed E-state index contributed by atoms with van der Waals surface area (Å²) in [6.45, 7) is 2.22. The number of nitro groups is 1. The highest BCUT2D eigenvalue weighted by Crippen LogP contribution is 2.35. The quantitative estimate of drug-likeness (QED) is 0.595. The smallest absolute Gasteiger partial charge is 0.277 e. The van der Waals surface area contributed by atoms with E-state index in [1.54, 1.807) is 14.0 Å². The summed E-state index contributed by atoms with van der Waals surface area (Å²) in [5.41, 5.74) is 5.81. The Hall–Kier alpha value is -1.86. The highest BCUT2D eigenvalue weighted by molar-refractivity contribution is 5.54. The molecule has 1 unspecified atom stereocenters. The van der Waals surface area contributed by atoms with Crippen molar-refractivity contribution in [2.45, 2.75) is 19.6 Å². The van der Waals surface area contributed by atoms with Gasteiger partial charge in [-0.3, -0.25) is 10.1 Å². The monoisotopic (exact) mass is 270 g/mol. The number of methoxy groups -OCH3 is 2. The minimum Gasteiger partial charge on any atom is -0.493 e. The van der Waals surface area contributed by atoms with Crippen LogP contribution in [0.3, 0.4) is 0 Å². The zero-order valence-corrected chi connectivity index (χ0v) is 11.2. The molecule has 0 aliphatic heterocycles. The van der Waals surface area contributed by atoms with Gasteiger partial charge >= 0.3 is 0 Å². The molecule has 1 atom stereocenters. The molecule has 0 amide bonds. The Morgan fingerprint density at radius 1 is 1.37 bits per heavy atom. The van der Waals surface area contributed by atoms with Crippen LogP contribution in [0.1, 0.15) is 12.5 Å². The first-order valence-corrected chi connectivity index (χ1v) is 5.74. The van der Waals surface area contributed by atoms with Gasteiger partial charge in [0.15, 0.2) is 11.5 Å². The number of nitrogens with two attached hydrogens (primary N) is 1. The summed E-state index contributed by atoms with van der Waals surface area (Å²) in [7, 11) is 3.02. The van der Waals surface area contributed by atoms with Crippen molar-refractivity contribution in [3.05, 3.63) is 27.8 Å². The molecule has 1 aromatic carbocycles. The van der Waals surface area contributed by atoms with Crippen LogP contribution in [-0.2, 0) is 11.3 Å². The van der Waals surface area contributed by atoms with Gasteiger partial charge in [0, 0.05) is 19.2 Å². The highest BCUT2D eigenvalue weighted by atomic mass is 16.6. The molecule has 19 heavy (non-hydrogen) atoms. The van der Waals surface area contributed by atoms with E-state index >= 15 is 0 Å². The summed E-state index contributed by atoms with van der Waals surface area (Å²) >= 11 is 0. The minimum absolute atomic E-state index is 0.0561. The summed E-state index contributed by atoms with van der Waals surface area (Å²) < 4.78 is 15.7. The van der Waals surface area contributed by atoms with Gasteiger partial charge in [-0.25, -0.2) is 0 Å². The Bertz CT molecular complexity index is 450. The summed E-state index contributed by atoms with van der Waals surface area (Å²) in [6.07, 6.45) is -0.248. The predicted octanol–water partition coefficient (Wildman–Crippen LogP) is 1.48. The number of nitrogens with zero attached hydrogens (tertiary/aromatic N) is 1. The van der Waals surface area contributed by atoms with E-state index in [9.17, 15) is 10.1 Å². The van der Waals surface area contributed by atoms with Crippen molar-refractivity contribution in [2.24, 2.45) is 5.73 Å². The Morgan fingerprint density at radius 2 is 2.05 bits per heavy atom. The van der Waals surface area contributed by atoms with Crippen LogP contribution in [0, 0.1) is 10.1 Å². The normalized spacial score (nSPS) is 12.0. The van der Waals surface area contributed by atoms with Crippen LogP contribution in [0.4, 0.5) is 5.69 Å². The Balaban J connectivity index is 3.14. The van der Waals surface area contributed by atoms with Crippen LogP contribution in [0.2, 0.25) is 0 Å². The fourth-order valence-corrected chi connectivity index (χ4v) is 1.66. The maximum Gasteiger partial charge on any atom is 0.277 e. The molecule has 2 N–H and O–H groups in total. The lowest BCUT2D eigenvalue weighted by atomic mass is 10.1. The molecule has 1 rings (SSSR count). The summed E-state index contributed by atoms with van der Waals surface area (Å²) in [5.74, 6) is 0.713. The molecule has 1 aromatic rings. The Labute approximate surface area is 111 Å². The van der Waals surface area contributed by atoms with E-state index in [2.05, 4.69) is 0 Å². The predicted molar refractivity (Wildman–Crippen MR) is 69.5 cm³/mol. The topological polar surface area (TPSA) is 96.8 Å². The maximum atomic E-state index is 11.0. The number of rotatable bonds is 7. The molecule has 0 aliphatic carbocycles. The van der Waals surface area contributed by atoms with Crippen LogP contribution in [0.25, 0.3) is 0 Å². The molecule has 106 valence electrons. The van der Waals surface area contributed by atoms with Gasteiger partial charge in [0.2, 0.25) is 0 Å². The molecule has 0 heterocycles. The molecule has 0 aliphatic rings. The van der Waals surface area contributed by atoms with Crippen molar-refractivity contribution in [3.63, 3.8) is 0 Å². The van der Waals surface area contributed by atoms with Crippen LogP contribution in [0.5, 0.6) is 11.5 Å². The second-order valence-corrected chi connectivity index (χ2v) is 3.98. The fraction of sp³-hybridized carbons (Fsp3) is 0.500. The standard InChI is InChI=1S/C12H18N2O5/c1-8(7-17-2)19-12-5-10(14(15)16)9(6-13)4-11(12)18-3/h4-5,8H,6-7,13H2,1-3H3. The average molecular weight is 270 g/mol. The van der Waals surface area contributed by atoms with E-state index in [0.29, 0.717) is 23.7 Å². The van der Waals surface area contributed by atoms with Crippen molar-refractivity contribution in [1.29, 1.82) is 0 Å². The van der Waals surface area contributed by atoms with Crippen LogP contribution >= 0.6 is 0 Å². The summed E-state index contributed by atoms with van der Waals surface area (Å²) in [4.78, 5) is 10.5. The number of hydrogen-bond donors (Lipinski definition) is 1. The molecule has 0 saturated heterocycles. The zero-order valence-electron chi connectivity index (χ0n) is 11.2. The molecule has 0 radical (unpaired) electrons. The number of nitro benzene ring substituents is 1.